The van der Waals surface area contributed by atoms with Crippen molar-refractivity contribution in [2.75, 3.05) is 19.4 Å². The van der Waals surface area contributed by atoms with Crippen molar-refractivity contribution in [3.05, 3.63) is 41.2 Å². The van der Waals surface area contributed by atoms with Crippen molar-refractivity contribution in [1.29, 1.82) is 0 Å². The van der Waals surface area contributed by atoms with E-state index < -0.39 is 10.0 Å². The highest BCUT2D eigenvalue weighted by atomic mass is 32.2. The Balaban J connectivity index is 2.12. The molecule has 0 aliphatic carbocycles. The molecule has 1 N–H and O–H groups in total. The molecule has 1 aromatic carbocycles. The number of benzene rings is 1. The predicted molar refractivity (Wildman–Crippen MR) is 97.0 cm³/mol. The molecule has 2 rings (SSSR count). The van der Waals surface area contributed by atoms with Gasteiger partial charge in [0.15, 0.2) is 0 Å². The van der Waals surface area contributed by atoms with Crippen LogP contribution >= 0.6 is 0 Å². The van der Waals surface area contributed by atoms with E-state index in [2.05, 4.69) is 10.4 Å². The number of para-hydroxylation sites is 1. The van der Waals surface area contributed by atoms with Crippen molar-refractivity contribution >= 4 is 21.6 Å². The summed E-state index contributed by atoms with van der Waals surface area (Å²) < 4.78 is 27.5. The first-order valence-corrected chi connectivity index (χ1v) is 9.40. The number of carbonyl (C=O) groups excluding carboxylic acids is 1. The van der Waals surface area contributed by atoms with Crippen LogP contribution in [0.15, 0.2) is 29.2 Å². The molecule has 7 nitrogen and oxygen atoms in total. The SMILES string of the molecule is Cc1ccccc1NC(=O)CCn1nc(C)c(S(=O)(=O)N(C)C)c1C. The van der Waals surface area contributed by atoms with Crippen molar-refractivity contribution in [3.63, 3.8) is 0 Å². The number of aromatic nitrogens is 2. The minimum absolute atomic E-state index is 0.140. The average Bonchev–Trinajstić information content (AvgIpc) is 2.82. The molecule has 8 heteroatoms. The number of amides is 1. The Hall–Kier alpha value is -2.19. The van der Waals surface area contributed by atoms with Crippen LogP contribution in [0.2, 0.25) is 0 Å². The smallest absolute Gasteiger partial charge is 0.246 e. The zero-order valence-corrected chi connectivity index (χ0v) is 16.0. The van der Waals surface area contributed by atoms with Gasteiger partial charge < -0.3 is 5.32 Å². The molecule has 1 heterocycles. The van der Waals surface area contributed by atoms with Gasteiger partial charge >= 0.3 is 0 Å². The number of rotatable bonds is 6. The molecule has 0 atom stereocenters. The standard InChI is InChI=1S/C17H24N4O3S/c1-12-8-6-7-9-15(12)18-16(22)10-11-21-14(3)17(13(2)19-21)25(23,24)20(4)5/h6-9H,10-11H2,1-5H3,(H,18,22). The van der Waals surface area contributed by atoms with Gasteiger partial charge in [0.05, 0.1) is 17.9 Å². The van der Waals surface area contributed by atoms with Crippen molar-refractivity contribution in [3.8, 4) is 0 Å². The number of nitrogens with one attached hydrogen (secondary N) is 1. The van der Waals surface area contributed by atoms with E-state index in [1.54, 1.807) is 18.5 Å². The van der Waals surface area contributed by atoms with Gasteiger partial charge in [-0.15, -0.1) is 0 Å². The Morgan fingerprint density at radius 3 is 2.44 bits per heavy atom. The number of anilines is 1. The summed E-state index contributed by atoms with van der Waals surface area (Å²) in [4.78, 5) is 12.4. The third-order valence-corrected chi connectivity index (χ3v) is 6.09. The van der Waals surface area contributed by atoms with Crippen molar-refractivity contribution in [2.24, 2.45) is 0 Å². The number of carbonyl (C=O) groups is 1. The monoisotopic (exact) mass is 364 g/mol. The zero-order chi connectivity index (χ0) is 18.8. The van der Waals surface area contributed by atoms with Gasteiger partial charge in [0.1, 0.15) is 4.90 Å². The molecule has 0 bridgehead atoms. The molecule has 0 radical (unpaired) electrons. The molecule has 2 aromatic rings. The van der Waals surface area contributed by atoms with Gasteiger partial charge in [0, 0.05) is 26.2 Å². The molecule has 0 spiro atoms. The lowest BCUT2D eigenvalue weighted by molar-refractivity contribution is -0.116. The lowest BCUT2D eigenvalue weighted by Gasteiger charge is -2.12. The Morgan fingerprint density at radius 1 is 1.20 bits per heavy atom. The van der Waals surface area contributed by atoms with E-state index in [1.165, 1.54) is 18.4 Å². The molecular weight excluding hydrogens is 340 g/mol. The first-order chi connectivity index (χ1) is 11.6. The van der Waals surface area contributed by atoms with Crippen molar-refractivity contribution in [2.45, 2.75) is 38.6 Å². The second-order valence-corrected chi connectivity index (χ2v) is 8.21. The lowest BCUT2D eigenvalue weighted by Crippen LogP contribution is -2.23. The normalized spacial score (nSPS) is 11.8. The van der Waals surface area contributed by atoms with Crippen LogP contribution in [0.4, 0.5) is 5.69 Å². The maximum atomic E-state index is 12.4. The summed E-state index contributed by atoms with van der Waals surface area (Å²) in [5, 5.41) is 7.15. The van der Waals surface area contributed by atoms with Gasteiger partial charge in [-0.3, -0.25) is 9.48 Å². The predicted octanol–water partition coefficient (Wildman–Crippen LogP) is 2.09. The number of nitrogens with zero attached hydrogens (tertiary/aromatic N) is 3. The van der Waals surface area contributed by atoms with Crippen LogP contribution in [-0.2, 0) is 21.4 Å². The Labute approximate surface area is 148 Å². The molecule has 0 aliphatic rings. The van der Waals surface area contributed by atoms with Gasteiger partial charge in [0.25, 0.3) is 0 Å². The van der Waals surface area contributed by atoms with Crippen LogP contribution in [0, 0.1) is 20.8 Å². The second kappa shape index (κ2) is 7.37. The van der Waals surface area contributed by atoms with E-state index in [9.17, 15) is 13.2 Å². The van der Waals surface area contributed by atoms with Crippen LogP contribution in [-0.4, -0.2) is 42.5 Å². The molecule has 0 saturated carbocycles. The number of hydrogen-bond acceptors (Lipinski definition) is 4. The topological polar surface area (TPSA) is 84.3 Å². The second-order valence-electron chi connectivity index (χ2n) is 6.12. The fraction of sp³-hybridized carbons (Fsp3) is 0.412. The Bertz CT molecular complexity index is 885. The van der Waals surface area contributed by atoms with E-state index in [0.29, 0.717) is 17.9 Å². The van der Waals surface area contributed by atoms with Gasteiger partial charge in [-0.05, 0) is 32.4 Å². The van der Waals surface area contributed by atoms with Gasteiger partial charge in [-0.25, -0.2) is 12.7 Å². The molecule has 136 valence electrons. The number of hydrogen-bond donors (Lipinski definition) is 1. The minimum Gasteiger partial charge on any atom is -0.326 e. The van der Waals surface area contributed by atoms with Crippen molar-refractivity contribution in [1.82, 2.24) is 14.1 Å². The molecule has 0 fully saturated rings. The molecule has 0 saturated heterocycles. The third kappa shape index (κ3) is 4.08. The minimum atomic E-state index is -3.56. The first kappa shape index (κ1) is 19.1. The molecule has 0 unspecified atom stereocenters. The molecule has 1 aromatic heterocycles. The molecular formula is C17H24N4O3S. The lowest BCUT2D eigenvalue weighted by atomic mass is 10.2. The van der Waals surface area contributed by atoms with E-state index >= 15 is 0 Å². The van der Waals surface area contributed by atoms with Crippen LogP contribution in [0.25, 0.3) is 0 Å². The van der Waals surface area contributed by atoms with Gasteiger partial charge in [0.2, 0.25) is 15.9 Å². The fourth-order valence-electron chi connectivity index (χ4n) is 2.59. The summed E-state index contributed by atoms with van der Waals surface area (Å²) in [6.45, 7) is 5.60. The van der Waals surface area contributed by atoms with Crippen LogP contribution in [0.1, 0.15) is 23.4 Å². The van der Waals surface area contributed by atoms with Gasteiger partial charge in [-0.1, -0.05) is 18.2 Å². The highest BCUT2D eigenvalue weighted by Gasteiger charge is 2.26. The maximum Gasteiger partial charge on any atom is 0.246 e. The average molecular weight is 364 g/mol. The van der Waals surface area contributed by atoms with Crippen LogP contribution < -0.4 is 5.32 Å². The third-order valence-electron chi connectivity index (χ3n) is 4.02. The summed E-state index contributed by atoms with van der Waals surface area (Å²) in [5.41, 5.74) is 2.73. The highest BCUT2D eigenvalue weighted by molar-refractivity contribution is 7.89. The summed E-state index contributed by atoms with van der Waals surface area (Å²) >= 11 is 0. The van der Waals surface area contributed by atoms with E-state index in [1.807, 2.05) is 31.2 Å². The number of aryl methyl sites for hydroxylation is 3. The summed E-state index contributed by atoms with van der Waals surface area (Å²) in [6.07, 6.45) is 0.206. The Morgan fingerprint density at radius 2 is 1.84 bits per heavy atom. The summed E-state index contributed by atoms with van der Waals surface area (Å²) in [7, 11) is -0.586. The molecule has 1 amide bonds. The largest absolute Gasteiger partial charge is 0.326 e. The number of sulfonamides is 1. The van der Waals surface area contributed by atoms with E-state index in [0.717, 1.165) is 11.3 Å². The van der Waals surface area contributed by atoms with Crippen molar-refractivity contribution < 1.29 is 13.2 Å². The van der Waals surface area contributed by atoms with E-state index in [-0.39, 0.29) is 17.2 Å². The summed E-state index contributed by atoms with van der Waals surface area (Å²) in [6, 6.07) is 7.54. The Kier molecular flexibility index (Phi) is 5.64. The first-order valence-electron chi connectivity index (χ1n) is 7.96. The van der Waals surface area contributed by atoms with Crippen LogP contribution in [0.3, 0.4) is 0 Å². The highest BCUT2D eigenvalue weighted by Crippen LogP contribution is 2.22. The quantitative estimate of drug-likeness (QED) is 0.851. The van der Waals surface area contributed by atoms with Gasteiger partial charge in [-0.2, -0.15) is 5.10 Å². The fourth-order valence-corrected chi connectivity index (χ4v) is 3.85. The molecule has 25 heavy (non-hydrogen) atoms. The maximum absolute atomic E-state index is 12.4. The zero-order valence-electron chi connectivity index (χ0n) is 15.2. The van der Waals surface area contributed by atoms with Crippen LogP contribution in [0.5, 0.6) is 0 Å². The molecule has 0 aliphatic heterocycles. The van der Waals surface area contributed by atoms with E-state index in [4.69, 9.17) is 0 Å². The summed E-state index contributed by atoms with van der Waals surface area (Å²) in [5.74, 6) is -0.140.